The second kappa shape index (κ2) is 7.05. The van der Waals surface area contributed by atoms with Gasteiger partial charge in [-0.15, -0.1) is 0 Å². The lowest BCUT2D eigenvalue weighted by Gasteiger charge is -2.40. The molecule has 7 heteroatoms. The predicted molar refractivity (Wildman–Crippen MR) is 151 cm³/mol. The number of carbonyl (C=O) groups is 1. The van der Waals surface area contributed by atoms with Crippen LogP contribution in [-0.4, -0.2) is 22.6 Å². The Kier molecular flexibility index (Phi) is 3.96. The molecule has 1 aliphatic carbocycles. The Hall–Kier alpha value is -4.33. The highest BCUT2D eigenvalue weighted by Gasteiger charge is 2.51. The van der Waals surface area contributed by atoms with Crippen LogP contribution in [0.15, 0.2) is 117 Å². The monoisotopic (exact) mass is 558 g/mol. The molecule has 2 aliphatic heterocycles. The molecule has 0 N–H and O–H groups in total. The normalized spacial score (nSPS) is 20.9. The van der Waals surface area contributed by atoms with Crippen LogP contribution < -0.4 is 0 Å². The third-order valence-electron chi connectivity index (χ3n) is 8.93. The maximum atomic E-state index is 15.0. The summed E-state index contributed by atoms with van der Waals surface area (Å²) in [6, 6.07) is 28.4. The molecule has 0 aromatic heterocycles. The number of hydrogen-bond donors (Lipinski definition) is 0. The van der Waals surface area contributed by atoms with Crippen molar-refractivity contribution in [1.82, 2.24) is 0 Å². The van der Waals surface area contributed by atoms with Crippen molar-refractivity contribution >= 4 is 57.8 Å². The smallest absolute Gasteiger partial charge is 0.207 e. The fourth-order valence-electron chi connectivity index (χ4n) is 7.35. The minimum atomic E-state index is -3.97. The molecule has 6 aromatic rings. The van der Waals surface area contributed by atoms with Crippen LogP contribution >= 0.6 is 0 Å². The minimum Gasteiger partial charge on any atom is -0.298 e. The van der Waals surface area contributed by atoms with Gasteiger partial charge in [-0.1, -0.05) is 72.8 Å². The van der Waals surface area contributed by atoms with Crippen LogP contribution in [-0.2, 0) is 24.5 Å². The summed E-state index contributed by atoms with van der Waals surface area (Å²) in [4.78, 5) is 15.4. The van der Waals surface area contributed by atoms with Crippen molar-refractivity contribution in [3.63, 3.8) is 0 Å². The third-order valence-corrected chi connectivity index (χ3v) is 12.7. The molecule has 2 atom stereocenters. The fraction of sp³-hybridized carbons (Fsp3) is 0.0606. The van der Waals surface area contributed by atoms with E-state index in [-0.39, 0.29) is 25.4 Å². The Labute approximate surface area is 229 Å². The van der Waals surface area contributed by atoms with Gasteiger partial charge in [0.1, 0.15) is 0 Å². The standard InChI is InChI=1S/C33H18O5S2/c34-33-31-27-20-7-3-1-5-17(20)9-13-22(27)39(35,36)24-15-11-19-12-16-25-30(26(19)29(24)31)32(33)28-21-8-4-2-6-18(21)10-14-23(28)40(25,37)38/h1-16,31-32H. The van der Waals surface area contributed by atoms with E-state index in [1.165, 1.54) is 0 Å². The molecule has 6 aromatic carbocycles. The third kappa shape index (κ3) is 2.43. The van der Waals surface area contributed by atoms with E-state index in [0.29, 0.717) is 38.4 Å². The highest BCUT2D eigenvalue weighted by atomic mass is 32.2. The van der Waals surface area contributed by atoms with Crippen LogP contribution in [0.3, 0.4) is 0 Å². The molecule has 0 radical (unpaired) electrons. The number of ketones is 1. The maximum absolute atomic E-state index is 15.0. The SMILES string of the molecule is O=C1C2c3c(ccc4ccccc34)S(=O)(=O)c3ccc4ccc5c(c4c32)C1c1c(ccc2ccccc12)S5(=O)=O. The summed E-state index contributed by atoms with van der Waals surface area (Å²) in [6.07, 6.45) is 0. The number of hydrogen-bond acceptors (Lipinski definition) is 5. The van der Waals surface area contributed by atoms with Gasteiger partial charge in [-0.3, -0.25) is 4.79 Å². The van der Waals surface area contributed by atoms with E-state index in [9.17, 15) is 16.8 Å². The first-order chi connectivity index (χ1) is 19.3. The molecule has 5 nitrogen and oxygen atoms in total. The molecule has 40 heavy (non-hydrogen) atoms. The zero-order valence-corrected chi connectivity index (χ0v) is 22.4. The van der Waals surface area contributed by atoms with Gasteiger partial charge in [0.2, 0.25) is 19.7 Å². The molecule has 3 aliphatic rings. The Morgan fingerprint density at radius 1 is 0.425 bits per heavy atom. The van der Waals surface area contributed by atoms with E-state index in [4.69, 9.17) is 0 Å². The number of rotatable bonds is 0. The maximum Gasteiger partial charge on any atom is 0.207 e. The first-order valence-electron chi connectivity index (χ1n) is 13.0. The van der Waals surface area contributed by atoms with Gasteiger partial charge >= 0.3 is 0 Å². The van der Waals surface area contributed by atoms with Crippen LogP contribution in [0.2, 0.25) is 0 Å². The molecule has 0 fully saturated rings. The summed E-state index contributed by atoms with van der Waals surface area (Å²) < 4.78 is 56.4. The van der Waals surface area contributed by atoms with E-state index in [1.807, 2.05) is 48.5 Å². The van der Waals surface area contributed by atoms with Crippen LogP contribution in [0.4, 0.5) is 0 Å². The number of benzene rings is 6. The number of carbonyl (C=O) groups excluding carboxylic acids is 1. The second-order valence-electron chi connectivity index (χ2n) is 10.7. The highest BCUT2D eigenvalue weighted by Crippen LogP contribution is 2.58. The van der Waals surface area contributed by atoms with E-state index in [0.717, 1.165) is 16.2 Å². The Morgan fingerprint density at radius 3 is 1.25 bits per heavy atom. The average molecular weight is 559 g/mol. The summed E-state index contributed by atoms with van der Waals surface area (Å²) >= 11 is 0. The summed E-state index contributed by atoms with van der Waals surface area (Å²) in [7, 11) is -7.94. The fourth-order valence-corrected chi connectivity index (χ4v) is 10.9. The minimum absolute atomic E-state index is 0.0779. The Morgan fingerprint density at radius 2 is 0.800 bits per heavy atom. The van der Waals surface area contributed by atoms with E-state index in [1.54, 1.807) is 48.5 Å². The molecule has 0 spiro atoms. The van der Waals surface area contributed by atoms with Crippen molar-refractivity contribution < 1.29 is 21.6 Å². The summed E-state index contributed by atoms with van der Waals surface area (Å²) in [5.74, 6) is -1.92. The van der Waals surface area contributed by atoms with E-state index >= 15 is 4.79 Å². The van der Waals surface area contributed by atoms with Crippen molar-refractivity contribution in [3.8, 4) is 0 Å². The van der Waals surface area contributed by atoms with Crippen molar-refractivity contribution in [2.75, 3.05) is 0 Å². The number of fused-ring (bicyclic) bond motifs is 8. The first-order valence-corrected chi connectivity index (χ1v) is 15.9. The van der Waals surface area contributed by atoms with Crippen molar-refractivity contribution in [2.45, 2.75) is 31.4 Å². The van der Waals surface area contributed by atoms with Gasteiger partial charge in [-0.2, -0.15) is 0 Å². The van der Waals surface area contributed by atoms with Gasteiger partial charge in [0.05, 0.1) is 31.4 Å². The average Bonchev–Trinajstić information content (AvgIpc) is 2.96. The molecule has 2 unspecified atom stereocenters. The van der Waals surface area contributed by atoms with E-state index in [2.05, 4.69) is 0 Å². The molecule has 192 valence electrons. The topological polar surface area (TPSA) is 85.3 Å². The Bertz CT molecular complexity index is 2270. The van der Waals surface area contributed by atoms with Gasteiger partial charge < -0.3 is 0 Å². The molecule has 9 rings (SSSR count). The largest absolute Gasteiger partial charge is 0.298 e. The predicted octanol–water partition coefficient (Wildman–Crippen LogP) is 6.29. The molecule has 0 amide bonds. The summed E-state index contributed by atoms with van der Waals surface area (Å²) in [6.45, 7) is 0. The second-order valence-corrected chi connectivity index (χ2v) is 14.5. The summed E-state index contributed by atoms with van der Waals surface area (Å²) in [5.41, 5.74) is 1.76. The van der Waals surface area contributed by atoms with Crippen LogP contribution in [0.1, 0.15) is 34.1 Å². The first kappa shape index (κ1) is 22.5. The van der Waals surface area contributed by atoms with Gasteiger partial charge in [-0.25, -0.2) is 16.8 Å². The number of Topliss-reactive ketones (excluding diaryl/α,β-unsaturated/α-hetero) is 1. The molecule has 0 bridgehead atoms. The van der Waals surface area contributed by atoms with Gasteiger partial charge in [0.25, 0.3) is 0 Å². The summed E-state index contributed by atoms with van der Waals surface area (Å²) in [5, 5.41) is 4.40. The number of sulfone groups is 2. The zero-order valence-electron chi connectivity index (χ0n) is 20.8. The molecule has 0 saturated heterocycles. The van der Waals surface area contributed by atoms with Crippen molar-refractivity contribution in [1.29, 1.82) is 0 Å². The van der Waals surface area contributed by atoms with Crippen molar-refractivity contribution in [3.05, 3.63) is 119 Å². The van der Waals surface area contributed by atoms with Gasteiger partial charge in [-0.05, 0) is 78.8 Å². The molecule has 2 heterocycles. The highest BCUT2D eigenvalue weighted by molar-refractivity contribution is 7.92. The lowest BCUT2D eigenvalue weighted by Crippen LogP contribution is -2.36. The molecule has 0 saturated carbocycles. The van der Waals surface area contributed by atoms with Gasteiger partial charge in [0, 0.05) is 0 Å². The van der Waals surface area contributed by atoms with Gasteiger partial charge in [0.15, 0.2) is 5.78 Å². The van der Waals surface area contributed by atoms with Crippen LogP contribution in [0.25, 0.3) is 32.3 Å². The van der Waals surface area contributed by atoms with Crippen LogP contribution in [0, 0.1) is 0 Å². The zero-order chi connectivity index (χ0) is 27.1. The lowest BCUT2D eigenvalue weighted by molar-refractivity contribution is -0.120. The quantitative estimate of drug-likeness (QED) is 0.219. The lowest BCUT2D eigenvalue weighted by atomic mass is 9.68. The van der Waals surface area contributed by atoms with Crippen molar-refractivity contribution in [2.24, 2.45) is 0 Å². The Balaban J connectivity index is 1.54. The molecular weight excluding hydrogens is 540 g/mol. The van der Waals surface area contributed by atoms with Crippen LogP contribution in [0.5, 0.6) is 0 Å². The van der Waals surface area contributed by atoms with E-state index < -0.39 is 31.5 Å². The molecular formula is C33H18O5S2.